The minimum absolute atomic E-state index is 0.142. The van der Waals surface area contributed by atoms with Crippen LogP contribution >= 0.6 is 11.3 Å². The number of aliphatic carboxylic acids is 1. The number of methoxy groups -OCH3 is 1. The van der Waals surface area contributed by atoms with E-state index < -0.39 is 33.8 Å². The Morgan fingerprint density at radius 3 is 2.60 bits per heavy atom. The molecule has 110 valence electrons. The van der Waals surface area contributed by atoms with Gasteiger partial charge in [-0.3, -0.25) is 9.59 Å². The van der Waals surface area contributed by atoms with Crippen LogP contribution in [-0.4, -0.2) is 55.0 Å². The van der Waals surface area contributed by atoms with E-state index in [0.29, 0.717) is 0 Å². The Labute approximate surface area is 119 Å². The highest BCUT2D eigenvalue weighted by molar-refractivity contribution is 7.89. The molecule has 0 unspecified atom stereocenters. The average molecular weight is 320 g/mol. The molecule has 1 aliphatic rings. The zero-order valence-corrected chi connectivity index (χ0v) is 12.1. The molecule has 1 N–H and O–H groups in total. The van der Waals surface area contributed by atoms with E-state index in [2.05, 4.69) is 9.72 Å². The van der Waals surface area contributed by atoms with Crippen LogP contribution in [-0.2, 0) is 24.3 Å². The maximum atomic E-state index is 12.2. The molecule has 1 aromatic heterocycles. The molecule has 10 heteroatoms. The third kappa shape index (κ3) is 2.53. The molecule has 0 aliphatic carbocycles. The molecule has 2 atom stereocenters. The molecule has 2 rings (SSSR count). The number of aromatic nitrogens is 1. The third-order valence-electron chi connectivity index (χ3n) is 3.12. The fourth-order valence-electron chi connectivity index (χ4n) is 2.07. The standard InChI is InChI=1S/C10H12N2O6S2/c1-18-10(15)7-3-12(2-6(7)9(13)14)20(16,17)8-4-19-5-11-8/h4-7H,2-3H2,1H3,(H,13,14)/t6-,7+/m0/s1. The number of esters is 1. The molecule has 0 bridgehead atoms. The summed E-state index contributed by atoms with van der Waals surface area (Å²) in [4.78, 5) is 26.4. The molecule has 8 nitrogen and oxygen atoms in total. The van der Waals surface area contributed by atoms with Crippen molar-refractivity contribution in [1.82, 2.24) is 9.29 Å². The van der Waals surface area contributed by atoms with Crippen molar-refractivity contribution >= 4 is 33.3 Å². The first-order chi connectivity index (χ1) is 9.37. The first-order valence-electron chi connectivity index (χ1n) is 5.57. The van der Waals surface area contributed by atoms with E-state index in [1.165, 1.54) is 10.9 Å². The summed E-state index contributed by atoms with van der Waals surface area (Å²) in [7, 11) is -2.74. The van der Waals surface area contributed by atoms with E-state index in [4.69, 9.17) is 5.11 Å². The summed E-state index contributed by atoms with van der Waals surface area (Å²) in [6.07, 6.45) is 0. The lowest BCUT2D eigenvalue weighted by Gasteiger charge is -2.13. The predicted octanol–water partition coefficient (Wildman–Crippen LogP) is -0.363. The van der Waals surface area contributed by atoms with Crippen molar-refractivity contribution in [3.63, 3.8) is 0 Å². The van der Waals surface area contributed by atoms with E-state index in [-0.39, 0.29) is 18.1 Å². The highest BCUT2D eigenvalue weighted by Crippen LogP contribution is 2.29. The number of sulfonamides is 1. The fraction of sp³-hybridized carbons (Fsp3) is 0.500. The summed E-state index contributed by atoms with van der Waals surface area (Å²) in [5, 5.41) is 10.3. The number of hydrogen-bond donors (Lipinski definition) is 1. The van der Waals surface area contributed by atoms with Gasteiger partial charge in [-0.05, 0) is 0 Å². The van der Waals surface area contributed by atoms with Gasteiger partial charge in [0, 0.05) is 18.5 Å². The highest BCUT2D eigenvalue weighted by atomic mass is 32.2. The second kappa shape index (κ2) is 5.46. The number of carbonyl (C=O) groups is 2. The molecule has 0 radical (unpaired) electrons. The third-order valence-corrected chi connectivity index (χ3v) is 5.59. The smallest absolute Gasteiger partial charge is 0.310 e. The summed E-state index contributed by atoms with van der Waals surface area (Å²) in [6.45, 7) is -0.488. The van der Waals surface area contributed by atoms with Crippen molar-refractivity contribution < 1.29 is 27.9 Å². The monoisotopic (exact) mass is 320 g/mol. The molecule has 1 fully saturated rings. The molecule has 2 heterocycles. The number of carbonyl (C=O) groups excluding carboxylic acids is 1. The Morgan fingerprint density at radius 1 is 1.45 bits per heavy atom. The van der Waals surface area contributed by atoms with Gasteiger partial charge in [0.25, 0.3) is 10.0 Å². The van der Waals surface area contributed by atoms with E-state index in [0.717, 1.165) is 22.8 Å². The molecular weight excluding hydrogens is 308 g/mol. The van der Waals surface area contributed by atoms with E-state index >= 15 is 0 Å². The second-order valence-electron chi connectivity index (χ2n) is 4.22. The topological polar surface area (TPSA) is 114 Å². The van der Waals surface area contributed by atoms with Crippen LogP contribution in [0.2, 0.25) is 0 Å². The molecule has 0 aromatic carbocycles. The van der Waals surface area contributed by atoms with Gasteiger partial charge in [-0.15, -0.1) is 11.3 Å². The summed E-state index contributed by atoms with van der Waals surface area (Å²) >= 11 is 1.12. The largest absolute Gasteiger partial charge is 0.481 e. The summed E-state index contributed by atoms with van der Waals surface area (Å²) in [6, 6.07) is 0. The van der Waals surface area contributed by atoms with Gasteiger partial charge in [0.05, 0.1) is 24.5 Å². The summed E-state index contributed by atoms with van der Waals surface area (Å²) in [5.74, 6) is -4.08. The minimum atomic E-state index is -3.87. The van der Waals surface area contributed by atoms with Gasteiger partial charge in [-0.2, -0.15) is 4.31 Å². The van der Waals surface area contributed by atoms with Crippen LogP contribution in [0.15, 0.2) is 15.9 Å². The fourth-order valence-corrected chi connectivity index (χ4v) is 4.36. The zero-order chi connectivity index (χ0) is 14.9. The van der Waals surface area contributed by atoms with Gasteiger partial charge in [-0.25, -0.2) is 13.4 Å². The molecule has 0 amide bonds. The van der Waals surface area contributed by atoms with Crippen molar-refractivity contribution in [2.75, 3.05) is 20.2 Å². The van der Waals surface area contributed by atoms with Crippen LogP contribution < -0.4 is 0 Å². The predicted molar refractivity (Wildman–Crippen MR) is 67.5 cm³/mol. The highest BCUT2D eigenvalue weighted by Gasteiger charge is 2.47. The number of nitrogens with zero attached hydrogens (tertiary/aromatic N) is 2. The van der Waals surface area contributed by atoms with Crippen molar-refractivity contribution in [1.29, 1.82) is 0 Å². The quantitative estimate of drug-likeness (QED) is 0.753. The number of carboxylic acid groups (broad SMARTS) is 1. The Hall–Kier alpha value is -1.52. The number of thiazole rings is 1. The SMILES string of the molecule is COC(=O)[C@@H]1CN(S(=O)(=O)c2cscn2)C[C@@H]1C(=O)O. The summed E-state index contributed by atoms with van der Waals surface area (Å²) in [5.41, 5.74) is 1.37. The van der Waals surface area contributed by atoms with Crippen LogP contribution in [0, 0.1) is 11.8 Å². The van der Waals surface area contributed by atoms with Crippen molar-refractivity contribution in [3.05, 3.63) is 10.9 Å². The lowest BCUT2D eigenvalue weighted by Crippen LogP contribution is -2.30. The number of carboxylic acids is 1. The van der Waals surface area contributed by atoms with Crippen molar-refractivity contribution in [2.24, 2.45) is 11.8 Å². The maximum absolute atomic E-state index is 12.2. The number of rotatable bonds is 4. The Bertz CT molecular complexity index is 612. The van der Waals surface area contributed by atoms with Gasteiger partial charge in [-0.1, -0.05) is 0 Å². The van der Waals surface area contributed by atoms with E-state index in [1.54, 1.807) is 0 Å². The maximum Gasteiger partial charge on any atom is 0.310 e. The van der Waals surface area contributed by atoms with Gasteiger partial charge in [0.2, 0.25) is 0 Å². The van der Waals surface area contributed by atoms with Crippen LogP contribution in [0.3, 0.4) is 0 Å². The first kappa shape index (κ1) is 14.9. The number of ether oxygens (including phenoxy) is 1. The van der Waals surface area contributed by atoms with Crippen LogP contribution in [0.1, 0.15) is 0 Å². The van der Waals surface area contributed by atoms with Crippen LogP contribution in [0.25, 0.3) is 0 Å². The van der Waals surface area contributed by atoms with Gasteiger partial charge in [0.15, 0.2) is 5.03 Å². The van der Waals surface area contributed by atoms with E-state index in [9.17, 15) is 18.0 Å². The average Bonchev–Trinajstić information content (AvgIpc) is 3.06. The summed E-state index contributed by atoms with van der Waals surface area (Å²) < 4.78 is 30.0. The van der Waals surface area contributed by atoms with Gasteiger partial charge < -0.3 is 9.84 Å². The van der Waals surface area contributed by atoms with Crippen LogP contribution in [0.4, 0.5) is 0 Å². The van der Waals surface area contributed by atoms with E-state index in [1.807, 2.05) is 0 Å². The molecular formula is C10H12N2O6S2. The Kier molecular flexibility index (Phi) is 4.06. The molecule has 0 saturated carbocycles. The Balaban J connectivity index is 2.29. The van der Waals surface area contributed by atoms with Gasteiger partial charge >= 0.3 is 11.9 Å². The minimum Gasteiger partial charge on any atom is -0.481 e. The second-order valence-corrected chi connectivity index (χ2v) is 6.83. The van der Waals surface area contributed by atoms with Crippen molar-refractivity contribution in [2.45, 2.75) is 5.03 Å². The Morgan fingerprint density at radius 2 is 2.10 bits per heavy atom. The molecule has 1 saturated heterocycles. The lowest BCUT2D eigenvalue weighted by molar-refractivity contribution is -0.153. The lowest BCUT2D eigenvalue weighted by atomic mass is 9.97. The number of hydrogen-bond acceptors (Lipinski definition) is 7. The first-order valence-corrected chi connectivity index (χ1v) is 7.95. The van der Waals surface area contributed by atoms with Gasteiger partial charge in [0.1, 0.15) is 0 Å². The molecule has 1 aliphatic heterocycles. The normalized spacial score (nSPS) is 23.6. The molecule has 0 spiro atoms. The van der Waals surface area contributed by atoms with Crippen LogP contribution in [0.5, 0.6) is 0 Å². The van der Waals surface area contributed by atoms with Crippen molar-refractivity contribution in [3.8, 4) is 0 Å². The molecule has 20 heavy (non-hydrogen) atoms. The zero-order valence-electron chi connectivity index (χ0n) is 10.4. The molecule has 1 aromatic rings.